The highest BCUT2D eigenvalue weighted by Crippen LogP contribution is 2.24. The summed E-state index contributed by atoms with van der Waals surface area (Å²) in [7, 11) is 1.60. The monoisotopic (exact) mass is 241 g/mol. The first-order valence-electron chi connectivity index (χ1n) is 4.92. The molecule has 2 rings (SSSR count). The third-order valence-electron chi connectivity index (χ3n) is 2.43. The number of amides is 1. The molecule has 0 radical (unpaired) electrons. The number of rotatable bonds is 3. The van der Waals surface area contributed by atoms with Crippen LogP contribution in [0.4, 0.5) is 10.5 Å². The van der Waals surface area contributed by atoms with Crippen LogP contribution in [0.3, 0.4) is 0 Å². The van der Waals surface area contributed by atoms with Gasteiger partial charge in [-0.15, -0.1) is 11.6 Å². The Balaban J connectivity index is 2.15. The minimum atomic E-state index is -0.351. The normalized spacial score (nSPS) is 19.8. The lowest BCUT2D eigenvalue weighted by molar-refractivity contribution is 0.151. The lowest BCUT2D eigenvalue weighted by Gasteiger charge is -2.12. The van der Waals surface area contributed by atoms with E-state index >= 15 is 0 Å². The number of hydrogen-bond acceptors (Lipinski definition) is 3. The van der Waals surface area contributed by atoms with Gasteiger partial charge < -0.3 is 9.47 Å². The molecule has 1 amide bonds. The van der Waals surface area contributed by atoms with Crippen LogP contribution in [-0.4, -0.2) is 31.7 Å². The molecule has 0 N–H and O–H groups in total. The summed E-state index contributed by atoms with van der Waals surface area (Å²) in [6.07, 6.45) is -0.577. The summed E-state index contributed by atoms with van der Waals surface area (Å²) in [6.45, 7) is 0.495. The van der Waals surface area contributed by atoms with Crippen molar-refractivity contribution in [3.05, 3.63) is 24.3 Å². The van der Waals surface area contributed by atoms with E-state index in [1.165, 1.54) is 0 Å². The number of carbonyl (C=O) groups excluding carboxylic acids is 1. The molecule has 0 unspecified atom stereocenters. The van der Waals surface area contributed by atoms with E-state index < -0.39 is 0 Å². The number of alkyl halides is 1. The second kappa shape index (κ2) is 4.61. The van der Waals surface area contributed by atoms with E-state index in [-0.39, 0.29) is 12.2 Å². The summed E-state index contributed by atoms with van der Waals surface area (Å²) in [5, 5.41) is 0. The van der Waals surface area contributed by atoms with Gasteiger partial charge in [-0.1, -0.05) is 0 Å². The predicted molar refractivity (Wildman–Crippen MR) is 61.3 cm³/mol. The lowest BCUT2D eigenvalue weighted by Crippen LogP contribution is -2.24. The van der Waals surface area contributed by atoms with Crippen LogP contribution in [0.15, 0.2) is 24.3 Å². The number of nitrogens with zero attached hydrogens (tertiary/aromatic N) is 1. The molecule has 1 fully saturated rings. The summed E-state index contributed by atoms with van der Waals surface area (Å²) in [5.41, 5.74) is 0.790. The first-order chi connectivity index (χ1) is 7.74. The minimum Gasteiger partial charge on any atom is -0.497 e. The van der Waals surface area contributed by atoms with Crippen molar-refractivity contribution in [1.29, 1.82) is 0 Å². The summed E-state index contributed by atoms with van der Waals surface area (Å²) in [6, 6.07) is 7.24. The smallest absolute Gasteiger partial charge is 0.414 e. The Morgan fingerprint density at radius 1 is 1.50 bits per heavy atom. The Kier molecular flexibility index (Phi) is 3.19. The molecular weight excluding hydrogens is 230 g/mol. The molecule has 4 nitrogen and oxygen atoms in total. The Morgan fingerprint density at radius 2 is 2.19 bits per heavy atom. The van der Waals surface area contributed by atoms with Crippen molar-refractivity contribution in [2.75, 3.05) is 24.4 Å². The van der Waals surface area contributed by atoms with Crippen LogP contribution < -0.4 is 9.64 Å². The molecule has 5 heteroatoms. The fourth-order valence-electron chi connectivity index (χ4n) is 1.57. The third-order valence-corrected chi connectivity index (χ3v) is 2.77. The summed E-state index contributed by atoms with van der Waals surface area (Å²) < 4.78 is 10.1. The van der Waals surface area contributed by atoms with Gasteiger partial charge in [0.25, 0.3) is 0 Å². The van der Waals surface area contributed by atoms with Gasteiger partial charge in [0.05, 0.1) is 19.5 Å². The van der Waals surface area contributed by atoms with Crippen LogP contribution in [-0.2, 0) is 4.74 Å². The summed E-state index contributed by atoms with van der Waals surface area (Å²) in [4.78, 5) is 13.1. The van der Waals surface area contributed by atoms with E-state index in [9.17, 15) is 4.79 Å². The number of methoxy groups -OCH3 is 1. The molecule has 0 saturated carbocycles. The van der Waals surface area contributed by atoms with E-state index in [4.69, 9.17) is 21.1 Å². The van der Waals surface area contributed by atoms with Gasteiger partial charge in [-0.25, -0.2) is 4.79 Å². The van der Waals surface area contributed by atoms with Gasteiger partial charge in [0.2, 0.25) is 0 Å². The molecule has 0 bridgehead atoms. The molecule has 0 aliphatic carbocycles. The number of anilines is 1. The van der Waals surface area contributed by atoms with Crippen molar-refractivity contribution in [2.45, 2.75) is 6.10 Å². The average Bonchev–Trinajstić information content (AvgIpc) is 2.71. The van der Waals surface area contributed by atoms with Gasteiger partial charge in [-0.05, 0) is 24.3 Å². The fourth-order valence-corrected chi connectivity index (χ4v) is 1.74. The molecular formula is C11H12ClNO3. The lowest BCUT2D eigenvalue weighted by atomic mass is 10.2. The number of hydrogen-bond donors (Lipinski definition) is 0. The molecule has 0 spiro atoms. The highest BCUT2D eigenvalue weighted by Gasteiger charge is 2.31. The Labute approximate surface area is 98.7 Å². The SMILES string of the molecule is COc1ccc(N2C[C@@H](CCl)OC2=O)cc1. The van der Waals surface area contributed by atoms with Gasteiger partial charge >= 0.3 is 6.09 Å². The summed E-state index contributed by atoms with van der Waals surface area (Å²) in [5.74, 6) is 1.07. The maximum atomic E-state index is 11.5. The van der Waals surface area contributed by atoms with Gasteiger partial charge in [0.1, 0.15) is 11.9 Å². The standard InChI is InChI=1S/C11H12ClNO3/c1-15-9-4-2-8(3-5-9)13-7-10(6-12)16-11(13)14/h2-5,10H,6-7H2,1H3/t10-/m1/s1. The second-order valence-electron chi connectivity index (χ2n) is 3.47. The van der Waals surface area contributed by atoms with Crippen molar-refractivity contribution in [3.63, 3.8) is 0 Å². The van der Waals surface area contributed by atoms with Gasteiger partial charge in [0, 0.05) is 5.69 Å². The Bertz CT molecular complexity index is 379. The fraction of sp³-hybridized carbons (Fsp3) is 0.364. The van der Waals surface area contributed by atoms with E-state index in [1.54, 1.807) is 24.1 Å². The Hall–Kier alpha value is -1.42. The molecule has 1 aromatic rings. The molecule has 1 atom stereocenters. The number of ether oxygens (including phenoxy) is 2. The quantitative estimate of drug-likeness (QED) is 0.762. The van der Waals surface area contributed by atoms with E-state index in [0.29, 0.717) is 12.4 Å². The van der Waals surface area contributed by atoms with Crippen LogP contribution in [0.1, 0.15) is 0 Å². The number of benzene rings is 1. The zero-order valence-electron chi connectivity index (χ0n) is 8.85. The van der Waals surface area contributed by atoms with Crippen molar-refractivity contribution in [2.24, 2.45) is 0 Å². The maximum Gasteiger partial charge on any atom is 0.414 e. The maximum absolute atomic E-state index is 11.5. The van der Waals surface area contributed by atoms with Crippen LogP contribution >= 0.6 is 11.6 Å². The molecule has 86 valence electrons. The number of carbonyl (C=O) groups is 1. The first-order valence-corrected chi connectivity index (χ1v) is 5.46. The average molecular weight is 242 g/mol. The molecule has 0 aromatic heterocycles. The largest absolute Gasteiger partial charge is 0.497 e. The summed E-state index contributed by atoms with van der Waals surface area (Å²) >= 11 is 5.65. The second-order valence-corrected chi connectivity index (χ2v) is 3.78. The molecule has 1 saturated heterocycles. The molecule has 1 aliphatic rings. The molecule has 1 heterocycles. The predicted octanol–water partition coefficient (Wildman–Crippen LogP) is 2.26. The third kappa shape index (κ3) is 2.07. The number of halogens is 1. The van der Waals surface area contributed by atoms with Gasteiger partial charge in [-0.2, -0.15) is 0 Å². The van der Waals surface area contributed by atoms with E-state index in [0.717, 1.165) is 11.4 Å². The highest BCUT2D eigenvalue weighted by atomic mass is 35.5. The van der Waals surface area contributed by atoms with Crippen LogP contribution in [0.5, 0.6) is 5.75 Å². The highest BCUT2D eigenvalue weighted by molar-refractivity contribution is 6.18. The van der Waals surface area contributed by atoms with Crippen LogP contribution in [0, 0.1) is 0 Å². The van der Waals surface area contributed by atoms with Crippen molar-refractivity contribution < 1.29 is 14.3 Å². The van der Waals surface area contributed by atoms with E-state index in [2.05, 4.69) is 0 Å². The van der Waals surface area contributed by atoms with Crippen LogP contribution in [0.2, 0.25) is 0 Å². The van der Waals surface area contributed by atoms with Gasteiger partial charge in [0.15, 0.2) is 0 Å². The van der Waals surface area contributed by atoms with Crippen molar-refractivity contribution >= 4 is 23.4 Å². The number of cyclic esters (lactones) is 1. The minimum absolute atomic E-state index is 0.226. The zero-order valence-corrected chi connectivity index (χ0v) is 9.61. The van der Waals surface area contributed by atoms with Crippen LogP contribution in [0.25, 0.3) is 0 Å². The molecule has 1 aliphatic heterocycles. The zero-order chi connectivity index (χ0) is 11.5. The first kappa shape index (κ1) is 11.1. The molecule has 16 heavy (non-hydrogen) atoms. The topological polar surface area (TPSA) is 38.8 Å². The van der Waals surface area contributed by atoms with Crippen molar-refractivity contribution in [3.8, 4) is 5.75 Å². The van der Waals surface area contributed by atoms with E-state index in [1.807, 2.05) is 12.1 Å². The van der Waals surface area contributed by atoms with Gasteiger partial charge in [-0.3, -0.25) is 4.90 Å². The Morgan fingerprint density at radius 3 is 2.69 bits per heavy atom. The van der Waals surface area contributed by atoms with Crippen molar-refractivity contribution in [1.82, 2.24) is 0 Å². The molecule has 1 aromatic carbocycles.